The van der Waals surface area contributed by atoms with Gasteiger partial charge in [-0.25, -0.2) is 0 Å². The van der Waals surface area contributed by atoms with Crippen molar-refractivity contribution in [2.45, 2.75) is 18.8 Å². The van der Waals surface area contributed by atoms with Crippen molar-refractivity contribution in [3.05, 3.63) is 11.9 Å². The Morgan fingerprint density at radius 2 is 2.50 bits per heavy atom. The second kappa shape index (κ2) is 5.11. The Morgan fingerprint density at radius 1 is 1.67 bits per heavy atom. The summed E-state index contributed by atoms with van der Waals surface area (Å²) in [7, 11) is 1.69. The van der Waals surface area contributed by atoms with Crippen LogP contribution in [0.5, 0.6) is 0 Å². The van der Waals surface area contributed by atoms with Gasteiger partial charge in [0.15, 0.2) is 0 Å². The molecule has 0 saturated carbocycles. The zero-order valence-electron chi connectivity index (χ0n) is 7.03. The fourth-order valence-electron chi connectivity index (χ4n) is 0.880. The van der Waals surface area contributed by atoms with E-state index in [1.54, 1.807) is 11.8 Å². The first kappa shape index (κ1) is 9.48. The molecular formula is C7H12ClN3O. The van der Waals surface area contributed by atoms with Gasteiger partial charge in [0.2, 0.25) is 0 Å². The number of methoxy groups -OCH3 is 1. The number of rotatable bonds is 5. The summed E-state index contributed by atoms with van der Waals surface area (Å²) < 4.78 is 6.68. The summed E-state index contributed by atoms with van der Waals surface area (Å²) in [5.74, 6) is 0.421. The SMILES string of the molecule is COCCCn1cc(CCl)nn1. The van der Waals surface area contributed by atoms with Crippen LogP contribution in [0.1, 0.15) is 12.1 Å². The molecular weight excluding hydrogens is 178 g/mol. The van der Waals surface area contributed by atoms with Gasteiger partial charge in [0.1, 0.15) is 0 Å². The van der Waals surface area contributed by atoms with Crippen LogP contribution in [0.4, 0.5) is 0 Å². The number of hydrogen-bond donors (Lipinski definition) is 0. The molecule has 1 heterocycles. The Kier molecular flexibility index (Phi) is 4.04. The summed E-state index contributed by atoms with van der Waals surface area (Å²) in [6.07, 6.45) is 2.80. The molecule has 0 saturated heterocycles. The topological polar surface area (TPSA) is 39.9 Å². The van der Waals surface area contributed by atoms with Crippen LogP contribution >= 0.6 is 11.6 Å². The molecule has 1 rings (SSSR count). The van der Waals surface area contributed by atoms with Crippen molar-refractivity contribution < 1.29 is 4.74 Å². The lowest BCUT2D eigenvalue weighted by atomic mass is 10.4. The Labute approximate surface area is 76.5 Å². The molecule has 0 bridgehead atoms. The van der Waals surface area contributed by atoms with E-state index in [0.29, 0.717) is 5.88 Å². The molecule has 0 aliphatic rings. The minimum Gasteiger partial charge on any atom is -0.385 e. The quantitative estimate of drug-likeness (QED) is 0.514. The lowest BCUT2D eigenvalue weighted by Crippen LogP contribution is -2.01. The third-order valence-corrected chi connectivity index (χ3v) is 1.73. The molecule has 1 aromatic heterocycles. The second-order valence-electron chi connectivity index (χ2n) is 2.45. The van der Waals surface area contributed by atoms with E-state index in [0.717, 1.165) is 25.3 Å². The molecule has 0 amide bonds. The average Bonchev–Trinajstić information content (AvgIpc) is 2.53. The number of hydrogen-bond acceptors (Lipinski definition) is 3. The third kappa shape index (κ3) is 2.79. The molecule has 0 aromatic carbocycles. The lowest BCUT2D eigenvalue weighted by molar-refractivity contribution is 0.188. The number of nitrogens with zero attached hydrogens (tertiary/aromatic N) is 3. The highest BCUT2D eigenvalue weighted by molar-refractivity contribution is 6.16. The molecule has 0 fully saturated rings. The number of alkyl halides is 1. The van der Waals surface area contributed by atoms with Crippen LogP contribution in [-0.4, -0.2) is 28.7 Å². The highest BCUT2D eigenvalue weighted by Gasteiger charge is 1.97. The Hall–Kier alpha value is -0.610. The highest BCUT2D eigenvalue weighted by atomic mass is 35.5. The van der Waals surface area contributed by atoms with Crippen LogP contribution in [0.2, 0.25) is 0 Å². The van der Waals surface area contributed by atoms with Crippen LogP contribution in [0.3, 0.4) is 0 Å². The summed E-state index contributed by atoms with van der Waals surface area (Å²) >= 11 is 5.56. The molecule has 4 nitrogen and oxygen atoms in total. The molecule has 1 aromatic rings. The Morgan fingerprint density at radius 3 is 3.08 bits per heavy atom. The molecule has 12 heavy (non-hydrogen) atoms. The summed E-state index contributed by atoms with van der Waals surface area (Å²) in [5.41, 5.74) is 0.814. The van der Waals surface area contributed by atoms with Crippen molar-refractivity contribution in [3.8, 4) is 0 Å². The second-order valence-corrected chi connectivity index (χ2v) is 2.72. The lowest BCUT2D eigenvalue weighted by Gasteiger charge is -1.97. The summed E-state index contributed by atoms with van der Waals surface area (Å²) in [6.45, 7) is 1.58. The monoisotopic (exact) mass is 189 g/mol. The van der Waals surface area contributed by atoms with Gasteiger partial charge in [-0.3, -0.25) is 4.68 Å². The summed E-state index contributed by atoms with van der Waals surface area (Å²) in [6, 6.07) is 0. The van der Waals surface area contributed by atoms with Crippen LogP contribution in [0.25, 0.3) is 0 Å². The molecule has 0 unspecified atom stereocenters. The van der Waals surface area contributed by atoms with E-state index in [9.17, 15) is 0 Å². The zero-order chi connectivity index (χ0) is 8.81. The van der Waals surface area contributed by atoms with Gasteiger partial charge in [0, 0.05) is 26.5 Å². The normalized spacial score (nSPS) is 10.5. The molecule has 0 atom stereocenters. The molecule has 0 aliphatic heterocycles. The number of ether oxygens (including phenoxy) is 1. The van der Waals surface area contributed by atoms with Crippen molar-refractivity contribution >= 4 is 11.6 Å². The van der Waals surface area contributed by atoms with E-state index in [1.807, 2.05) is 6.20 Å². The summed E-state index contributed by atoms with van der Waals surface area (Å²) in [5, 5.41) is 7.74. The largest absolute Gasteiger partial charge is 0.385 e. The van der Waals surface area contributed by atoms with Crippen LogP contribution in [-0.2, 0) is 17.2 Å². The third-order valence-electron chi connectivity index (χ3n) is 1.46. The van der Waals surface area contributed by atoms with Gasteiger partial charge in [-0.1, -0.05) is 5.21 Å². The maximum absolute atomic E-state index is 5.56. The smallest absolute Gasteiger partial charge is 0.0974 e. The first-order valence-electron chi connectivity index (χ1n) is 3.80. The highest BCUT2D eigenvalue weighted by Crippen LogP contribution is 1.98. The molecule has 0 N–H and O–H groups in total. The fourth-order valence-corrected chi connectivity index (χ4v) is 1.00. The van der Waals surface area contributed by atoms with E-state index < -0.39 is 0 Å². The van der Waals surface area contributed by atoms with E-state index in [1.165, 1.54) is 0 Å². The number of aromatic nitrogens is 3. The molecule has 5 heteroatoms. The van der Waals surface area contributed by atoms with E-state index in [2.05, 4.69) is 10.3 Å². The minimum atomic E-state index is 0.421. The fraction of sp³-hybridized carbons (Fsp3) is 0.714. The maximum atomic E-state index is 5.56. The van der Waals surface area contributed by atoms with Crippen molar-refractivity contribution in [1.29, 1.82) is 0 Å². The minimum absolute atomic E-state index is 0.421. The van der Waals surface area contributed by atoms with Crippen LogP contribution in [0.15, 0.2) is 6.20 Å². The molecule has 0 radical (unpaired) electrons. The van der Waals surface area contributed by atoms with Crippen LogP contribution in [0, 0.1) is 0 Å². The van der Waals surface area contributed by atoms with E-state index >= 15 is 0 Å². The van der Waals surface area contributed by atoms with Gasteiger partial charge in [0.05, 0.1) is 11.6 Å². The van der Waals surface area contributed by atoms with Gasteiger partial charge in [0.25, 0.3) is 0 Å². The number of aryl methyl sites for hydroxylation is 1. The van der Waals surface area contributed by atoms with E-state index in [-0.39, 0.29) is 0 Å². The maximum Gasteiger partial charge on any atom is 0.0974 e. The van der Waals surface area contributed by atoms with Gasteiger partial charge >= 0.3 is 0 Å². The van der Waals surface area contributed by atoms with Gasteiger partial charge in [-0.2, -0.15) is 0 Å². The van der Waals surface area contributed by atoms with Crippen LogP contribution < -0.4 is 0 Å². The zero-order valence-corrected chi connectivity index (χ0v) is 7.79. The Balaban J connectivity index is 2.31. The van der Waals surface area contributed by atoms with Crippen molar-refractivity contribution in [2.75, 3.05) is 13.7 Å². The molecule has 0 aliphatic carbocycles. The standard InChI is InChI=1S/C7H12ClN3O/c1-12-4-2-3-11-6-7(5-8)9-10-11/h6H,2-5H2,1H3. The van der Waals surface area contributed by atoms with Crippen molar-refractivity contribution in [3.63, 3.8) is 0 Å². The van der Waals surface area contributed by atoms with Gasteiger partial charge in [-0.05, 0) is 6.42 Å². The molecule has 68 valence electrons. The first-order chi connectivity index (χ1) is 5.86. The average molecular weight is 190 g/mol. The Bertz CT molecular complexity index is 226. The predicted octanol–water partition coefficient (Wildman–Crippen LogP) is 1.05. The van der Waals surface area contributed by atoms with Crippen molar-refractivity contribution in [1.82, 2.24) is 15.0 Å². The predicted molar refractivity (Wildman–Crippen MR) is 46.1 cm³/mol. The number of halogens is 1. The van der Waals surface area contributed by atoms with Crippen molar-refractivity contribution in [2.24, 2.45) is 0 Å². The van der Waals surface area contributed by atoms with E-state index in [4.69, 9.17) is 16.3 Å². The molecule has 0 spiro atoms. The summed E-state index contributed by atoms with van der Waals surface area (Å²) in [4.78, 5) is 0. The first-order valence-corrected chi connectivity index (χ1v) is 4.34. The van der Waals surface area contributed by atoms with Gasteiger partial charge in [-0.15, -0.1) is 16.7 Å². The van der Waals surface area contributed by atoms with Gasteiger partial charge < -0.3 is 4.74 Å².